The molecule has 2 aromatic heterocycles. The topological polar surface area (TPSA) is 78.1 Å². The van der Waals surface area contributed by atoms with Crippen LogP contribution >= 0.6 is 11.3 Å². The van der Waals surface area contributed by atoms with E-state index in [4.69, 9.17) is 4.42 Å². The number of aliphatic imine (C=N–C) groups is 1. The summed E-state index contributed by atoms with van der Waals surface area (Å²) in [5, 5.41) is 0.577. The van der Waals surface area contributed by atoms with Crippen LogP contribution in [0.5, 0.6) is 0 Å². The number of rotatable bonds is 5. The third-order valence-electron chi connectivity index (χ3n) is 5.82. The van der Waals surface area contributed by atoms with E-state index in [9.17, 15) is 4.79 Å². The molecule has 1 fully saturated rings. The SMILES string of the molecule is Cc1nc(N=C(N(C)C)N(C)C)sc1C(=O)N1CCCCC1c1ncc(Cc2ccccc2)o1. The number of hydrogen-bond donors (Lipinski definition) is 0. The van der Waals surface area contributed by atoms with Crippen LogP contribution in [0.25, 0.3) is 0 Å². The molecular formula is C25H32N6O2S. The summed E-state index contributed by atoms with van der Waals surface area (Å²) in [6, 6.07) is 10.0. The molecule has 0 bridgehead atoms. The van der Waals surface area contributed by atoms with E-state index in [1.807, 2.05) is 68.0 Å². The number of guanidine groups is 1. The number of aryl methyl sites for hydroxylation is 1. The number of oxazole rings is 1. The van der Waals surface area contributed by atoms with Gasteiger partial charge in [-0.15, -0.1) is 0 Å². The zero-order chi connectivity index (χ0) is 24.2. The Morgan fingerprint density at radius 1 is 1.18 bits per heavy atom. The molecule has 1 aliphatic heterocycles. The third kappa shape index (κ3) is 5.30. The van der Waals surface area contributed by atoms with E-state index in [1.165, 1.54) is 16.9 Å². The molecule has 180 valence electrons. The van der Waals surface area contributed by atoms with Gasteiger partial charge in [0.25, 0.3) is 5.91 Å². The van der Waals surface area contributed by atoms with Gasteiger partial charge in [-0.05, 0) is 31.7 Å². The number of carbonyl (C=O) groups is 1. The van der Waals surface area contributed by atoms with Gasteiger partial charge in [-0.2, -0.15) is 4.99 Å². The molecule has 9 heteroatoms. The van der Waals surface area contributed by atoms with Gasteiger partial charge < -0.3 is 19.1 Å². The minimum atomic E-state index is -0.168. The van der Waals surface area contributed by atoms with E-state index >= 15 is 0 Å². The first-order chi connectivity index (χ1) is 16.3. The standard InChI is InChI=1S/C25H32N6O2S/c1-17-21(34-24(27-17)28-25(29(2)3)30(4)5)23(32)31-14-10-9-13-20(31)22-26-16-19(33-22)15-18-11-7-6-8-12-18/h6-8,11-12,16,20H,9-10,13-15H2,1-5H3. The van der Waals surface area contributed by atoms with Crippen molar-refractivity contribution in [3.63, 3.8) is 0 Å². The second kappa shape index (κ2) is 10.4. The molecule has 8 nitrogen and oxygen atoms in total. The minimum Gasteiger partial charge on any atom is -0.443 e. The average Bonchev–Trinajstić information content (AvgIpc) is 3.43. The number of aromatic nitrogens is 2. The summed E-state index contributed by atoms with van der Waals surface area (Å²) in [5.74, 6) is 2.17. The predicted molar refractivity (Wildman–Crippen MR) is 135 cm³/mol. The number of nitrogens with zero attached hydrogens (tertiary/aromatic N) is 6. The highest BCUT2D eigenvalue weighted by molar-refractivity contribution is 7.17. The van der Waals surface area contributed by atoms with Crippen LogP contribution in [0.3, 0.4) is 0 Å². The molecule has 0 spiro atoms. The third-order valence-corrected chi connectivity index (χ3v) is 6.86. The van der Waals surface area contributed by atoms with E-state index in [2.05, 4.69) is 27.1 Å². The molecular weight excluding hydrogens is 448 g/mol. The van der Waals surface area contributed by atoms with Crippen LogP contribution in [-0.2, 0) is 6.42 Å². The number of thiazole rings is 1. The van der Waals surface area contributed by atoms with Crippen LogP contribution in [0.4, 0.5) is 5.13 Å². The molecule has 1 saturated heterocycles. The summed E-state index contributed by atoms with van der Waals surface area (Å²) in [4.78, 5) is 33.8. The molecule has 1 atom stereocenters. The Bertz CT molecular complexity index is 1140. The molecule has 0 radical (unpaired) electrons. The van der Waals surface area contributed by atoms with Gasteiger partial charge >= 0.3 is 0 Å². The van der Waals surface area contributed by atoms with E-state index in [-0.39, 0.29) is 11.9 Å². The molecule has 34 heavy (non-hydrogen) atoms. The number of likely N-dealkylation sites (tertiary alicyclic amines) is 1. The molecule has 1 amide bonds. The van der Waals surface area contributed by atoms with Crippen molar-refractivity contribution in [2.45, 2.75) is 38.6 Å². The Balaban J connectivity index is 1.56. The maximum Gasteiger partial charge on any atom is 0.266 e. The summed E-state index contributed by atoms with van der Waals surface area (Å²) in [6.45, 7) is 2.55. The average molecular weight is 481 g/mol. The van der Waals surface area contributed by atoms with Gasteiger partial charge in [0.05, 0.1) is 11.9 Å². The lowest BCUT2D eigenvalue weighted by atomic mass is 10.0. The van der Waals surface area contributed by atoms with Gasteiger partial charge in [-0.1, -0.05) is 41.7 Å². The van der Waals surface area contributed by atoms with Crippen LogP contribution in [0.2, 0.25) is 0 Å². The summed E-state index contributed by atoms with van der Waals surface area (Å²) < 4.78 is 6.13. The van der Waals surface area contributed by atoms with Gasteiger partial charge in [-0.25, -0.2) is 9.97 Å². The Kier molecular flexibility index (Phi) is 7.31. The largest absolute Gasteiger partial charge is 0.443 e. The molecule has 0 N–H and O–H groups in total. The zero-order valence-electron chi connectivity index (χ0n) is 20.5. The fourth-order valence-electron chi connectivity index (χ4n) is 4.23. The van der Waals surface area contributed by atoms with E-state index < -0.39 is 0 Å². The lowest BCUT2D eigenvalue weighted by Gasteiger charge is -2.33. The summed E-state index contributed by atoms with van der Waals surface area (Å²) in [5.41, 5.74) is 1.87. The molecule has 3 aromatic rings. The maximum atomic E-state index is 13.6. The lowest BCUT2D eigenvalue weighted by Crippen LogP contribution is -2.38. The highest BCUT2D eigenvalue weighted by Crippen LogP contribution is 2.35. The van der Waals surface area contributed by atoms with Gasteiger partial charge in [0.2, 0.25) is 17.0 Å². The van der Waals surface area contributed by atoms with Crippen molar-refractivity contribution in [1.82, 2.24) is 24.7 Å². The molecule has 1 aliphatic rings. The molecule has 3 heterocycles. The van der Waals surface area contributed by atoms with Crippen molar-refractivity contribution in [3.8, 4) is 0 Å². The fourth-order valence-corrected chi connectivity index (χ4v) is 5.12. The van der Waals surface area contributed by atoms with Crippen LogP contribution in [0.1, 0.15) is 57.9 Å². The van der Waals surface area contributed by atoms with Gasteiger partial charge in [0.1, 0.15) is 16.7 Å². The summed E-state index contributed by atoms with van der Waals surface area (Å²) >= 11 is 1.33. The second-order valence-corrected chi connectivity index (χ2v) is 9.93. The quantitative estimate of drug-likeness (QED) is 0.395. The Labute approximate surface area is 204 Å². The van der Waals surface area contributed by atoms with Crippen LogP contribution in [0, 0.1) is 6.92 Å². The van der Waals surface area contributed by atoms with Crippen molar-refractivity contribution in [3.05, 3.63) is 64.3 Å². The van der Waals surface area contributed by atoms with Gasteiger partial charge in [0.15, 0.2) is 0 Å². The number of hydrogen-bond acceptors (Lipinski definition) is 6. The van der Waals surface area contributed by atoms with E-state index in [1.54, 1.807) is 6.20 Å². The van der Waals surface area contributed by atoms with Crippen molar-refractivity contribution in [1.29, 1.82) is 0 Å². The minimum absolute atomic E-state index is 0.0276. The van der Waals surface area contributed by atoms with Crippen LogP contribution < -0.4 is 0 Å². The lowest BCUT2D eigenvalue weighted by molar-refractivity contribution is 0.0574. The first-order valence-electron chi connectivity index (χ1n) is 11.5. The fraction of sp³-hybridized carbons (Fsp3) is 0.440. The molecule has 1 aromatic carbocycles. The van der Waals surface area contributed by atoms with Crippen LogP contribution in [-0.4, -0.2) is 71.3 Å². The molecule has 0 saturated carbocycles. The highest BCUT2D eigenvalue weighted by atomic mass is 32.1. The van der Waals surface area contributed by atoms with Crippen molar-refractivity contribution in [2.24, 2.45) is 4.99 Å². The Morgan fingerprint density at radius 3 is 2.62 bits per heavy atom. The number of carbonyl (C=O) groups excluding carboxylic acids is 1. The highest BCUT2D eigenvalue weighted by Gasteiger charge is 2.33. The van der Waals surface area contributed by atoms with Crippen LogP contribution in [0.15, 0.2) is 45.9 Å². The predicted octanol–water partition coefficient (Wildman–Crippen LogP) is 4.51. The summed E-state index contributed by atoms with van der Waals surface area (Å²) in [6.07, 6.45) is 5.31. The number of benzene rings is 1. The van der Waals surface area contributed by atoms with Crippen molar-refractivity contribution in [2.75, 3.05) is 34.7 Å². The van der Waals surface area contributed by atoms with E-state index in [0.29, 0.717) is 34.6 Å². The maximum absolute atomic E-state index is 13.6. The normalized spacial score (nSPS) is 15.8. The van der Waals surface area contributed by atoms with Gasteiger partial charge in [-0.3, -0.25) is 4.79 Å². The first-order valence-corrected chi connectivity index (χ1v) is 12.4. The first kappa shape index (κ1) is 23.9. The molecule has 0 aliphatic carbocycles. The Morgan fingerprint density at radius 2 is 1.91 bits per heavy atom. The second-order valence-electron chi connectivity index (χ2n) is 8.95. The number of amides is 1. The van der Waals surface area contributed by atoms with Crippen molar-refractivity contribution < 1.29 is 9.21 Å². The molecule has 1 unspecified atom stereocenters. The molecule has 4 rings (SSSR count). The van der Waals surface area contributed by atoms with Crippen molar-refractivity contribution >= 4 is 28.3 Å². The smallest absolute Gasteiger partial charge is 0.266 e. The van der Waals surface area contributed by atoms with E-state index in [0.717, 1.165) is 31.0 Å². The van der Waals surface area contributed by atoms with Gasteiger partial charge in [0, 0.05) is 41.2 Å². The summed E-state index contributed by atoms with van der Waals surface area (Å²) in [7, 11) is 7.75. The number of piperidine rings is 1. The monoisotopic (exact) mass is 480 g/mol. The zero-order valence-corrected chi connectivity index (χ0v) is 21.3. The Hall–Kier alpha value is -3.20.